The minimum absolute atomic E-state index is 0.143. The lowest BCUT2D eigenvalue weighted by atomic mass is 9.74. The molecule has 1 amide bonds. The summed E-state index contributed by atoms with van der Waals surface area (Å²) in [4.78, 5) is 24.8. The third-order valence-electron chi connectivity index (χ3n) is 6.51. The molecule has 0 aromatic heterocycles. The molecule has 2 aromatic carbocycles. The van der Waals surface area contributed by atoms with Gasteiger partial charge in [-0.1, -0.05) is 90.4 Å². The Morgan fingerprint density at radius 1 is 0.944 bits per heavy atom. The van der Waals surface area contributed by atoms with E-state index in [4.69, 9.17) is 11.6 Å². The van der Waals surface area contributed by atoms with Crippen LogP contribution in [0.15, 0.2) is 42.5 Å². The van der Waals surface area contributed by atoms with E-state index in [2.05, 4.69) is 5.32 Å². The van der Waals surface area contributed by atoms with Crippen molar-refractivity contribution >= 4 is 29.2 Å². The fourth-order valence-corrected chi connectivity index (χ4v) is 4.38. The van der Waals surface area contributed by atoms with Crippen molar-refractivity contribution in [3.8, 4) is 0 Å². The van der Waals surface area contributed by atoms with Crippen LogP contribution in [0, 0.1) is 11.3 Å². The number of amides is 1. The molecule has 0 spiro atoms. The number of carboxylic acids is 1. The summed E-state index contributed by atoms with van der Waals surface area (Å²) in [7, 11) is 0. The lowest BCUT2D eigenvalue weighted by Gasteiger charge is -2.31. The molecule has 0 aliphatic carbocycles. The van der Waals surface area contributed by atoms with Gasteiger partial charge in [0.25, 0.3) is 0 Å². The Morgan fingerprint density at radius 3 is 1.92 bits per heavy atom. The summed E-state index contributed by atoms with van der Waals surface area (Å²) < 4.78 is 41.4. The Bertz CT molecular complexity index is 1080. The summed E-state index contributed by atoms with van der Waals surface area (Å²) in [6.07, 6.45) is -4.75. The minimum Gasteiger partial charge on any atom is -0.481 e. The Balaban J connectivity index is 2.49. The second-order valence-electron chi connectivity index (χ2n) is 11.4. The zero-order valence-electron chi connectivity index (χ0n) is 21.8. The van der Waals surface area contributed by atoms with E-state index in [-0.39, 0.29) is 28.1 Å². The van der Waals surface area contributed by atoms with E-state index < -0.39 is 41.2 Å². The van der Waals surface area contributed by atoms with Crippen molar-refractivity contribution in [2.24, 2.45) is 11.3 Å². The average molecular weight is 526 g/mol. The molecule has 3 atom stereocenters. The zero-order chi connectivity index (χ0) is 27.6. The summed E-state index contributed by atoms with van der Waals surface area (Å²) >= 11 is 6.30. The molecule has 0 radical (unpaired) electrons. The van der Waals surface area contributed by atoms with E-state index in [9.17, 15) is 27.9 Å². The number of nitrogens with one attached hydrogen (secondary N) is 1. The number of alkyl halides is 3. The fraction of sp³-hybridized carbons (Fsp3) is 0.500. The molecule has 0 aliphatic heterocycles. The molecule has 198 valence electrons. The van der Waals surface area contributed by atoms with Crippen molar-refractivity contribution in [2.45, 2.75) is 78.3 Å². The van der Waals surface area contributed by atoms with Gasteiger partial charge in [0.15, 0.2) is 0 Å². The van der Waals surface area contributed by atoms with Gasteiger partial charge in [0.05, 0.1) is 29.0 Å². The Morgan fingerprint density at radius 2 is 1.47 bits per heavy atom. The van der Waals surface area contributed by atoms with Crippen LogP contribution in [-0.2, 0) is 15.0 Å². The van der Waals surface area contributed by atoms with E-state index >= 15 is 0 Å². The summed E-state index contributed by atoms with van der Waals surface area (Å²) in [6, 6.07) is 11.4. The molecular formula is C28H35ClF3NO3. The predicted octanol–water partition coefficient (Wildman–Crippen LogP) is 8.16. The standard InChI is InChI=1S/C28H35ClF3NO3/c1-16(28(30,31)32)24(17-8-11-19(12-9-17)26(2,3)4)25(36)33-22-14-18(10-13-21(22)29)20(15-23(34)35)27(5,6)7/h8-14,16,20,24H,15H2,1-7H3,(H,33,36)(H,34,35)/t16-,20?,24+/m1/s1. The number of carbonyl (C=O) groups excluding carboxylic acids is 1. The van der Waals surface area contributed by atoms with Crippen LogP contribution in [0.3, 0.4) is 0 Å². The number of hydrogen-bond donors (Lipinski definition) is 2. The Hall–Kier alpha value is -2.54. The van der Waals surface area contributed by atoms with E-state index in [1.807, 2.05) is 41.5 Å². The molecule has 0 saturated heterocycles. The molecule has 4 nitrogen and oxygen atoms in total. The van der Waals surface area contributed by atoms with Gasteiger partial charge in [0, 0.05) is 0 Å². The number of rotatable bonds is 7. The number of anilines is 1. The van der Waals surface area contributed by atoms with Gasteiger partial charge in [-0.25, -0.2) is 0 Å². The van der Waals surface area contributed by atoms with Gasteiger partial charge in [-0.05, 0) is 45.6 Å². The lowest BCUT2D eigenvalue weighted by molar-refractivity contribution is -0.178. The molecule has 0 heterocycles. The van der Waals surface area contributed by atoms with Gasteiger partial charge in [-0.2, -0.15) is 13.2 Å². The van der Waals surface area contributed by atoms with Crippen LogP contribution < -0.4 is 5.32 Å². The first-order valence-electron chi connectivity index (χ1n) is 11.8. The second kappa shape index (κ2) is 10.8. The molecule has 8 heteroatoms. The molecule has 0 aliphatic rings. The van der Waals surface area contributed by atoms with Crippen LogP contribution >= 0.6 is 11.6 Å². The van der Waals surface area contributed by atoms with Crippen molar-refractivity contribution in [3.05, 3.63) is 64.2 Å². The third-order valence-corrected chi connectivity index (χ3v) is 6.84. The van der Waals surface area contributed by atoms with Gasteiger partial charge in [-0.3, -0.25) is 9.59 Å². The molecule has 2 N–H and O–H groups in total. The highest BCUT2D eigenvalue weighted by molar-refractivity contribution is 6.33. The quantitative estimate of drug-likeness (QED) is 0.383. The maximum Gasteiger partial charge on any atom is 0.392 e. The molecule has 1 unspecified atom stereocenters. The van der Waals surface area contributed by atoms with Crippen molar-refractivity contribution in [2.75, 3.05) is 5.32 Å². The van der Waals surface area contributed by atoms with Crippen LogP contribution in [0.1, 0.15) is 83.4 Å². The Labute approximate surface area is 216 Å². The number of benzene rings is 2. The van der Waals surface area contributed by atoms with E-state index in [0.717, 1.165) is 12.5 Å². The first-order chi connectivity index (χ1) is 16.3. The van der Waals surface area contributed by atoms with Gasteiger partial charge >= 0.3 is 12.1 Å². The number of carbonyl (C=O) groups is 2. The number of aliphatic carboxylic acids is 1. The maximum atomic E-state index is 13.8. The Kier molecular flexibility index (Phi) is 8.93. The highest BCUT2D eigenvalue weighted by atomic mass is 35.5. The summed E-state index contributed by atoms with van der Waals surface area (Å²) in [5.41, 5.74) is 1.34. The largest absolute Gasteiger partial charge is 0.481 e. The van der Waals surface area contributed by atoms with Gasteiger partial charge < -0.3 is 10.4 Å². The highest BCUT2D eigenvalue weighted by Gasteiger charge is 2.45. The van der Waals surface area contributed by atoms with Gasteiger partial charge in [0.1, 0.15) is 0 Å². The number of carboxylic acid groups (broad SMARTS) is 1. The van der Waals surface area contributed by atoms with Gasteiger partial charge in [0.2, 0.25) is 5.91 Å². The van der Waals surface area contributed by atoms with E-state index in [1.165, 1.54) is 6.07 Å². The minimum atomic E-state index is -4.60. The molecule has 0 saturated carbocycles. The molecule has 2 aromatic rings. The number of hydrogen-bond acceptors (Lipinski definition) is 2. The topological polar surface area (TPSA) is 66.4 Å². The first kappa shape index (κ1) is 29.7. The normalized spacial score (nSPS) is 15.2. The number of halogens is 4. The summed E-state index contributed by atoms with van der Waals surface area (Å²) in [5.74, 6) is -5.68. The first-order valence-corrected chi connectivity index (χ1v) is 12.2. The van der Waals surface area contributed by atoms with Crippen molar-refractivity contribution in [3.63, 3.8) is 0 Å². The molecule has 2 rings (SSSR count). The second-order valence-corrected chi connectivity index (χ2v) is 11.8. The van der Waals surface area contributed by atoms with Crippen LogP contribution in [-0.4, -0.2) is 23.2 Å². The van der Waals surface area contributed by atoms with Crippen LogP contribution in [0.25, 0.3) is 0 Å². The summed E-state index contributed by atoms with van der Waals surface area (Å²) in [6.45, 7) is 12.7. The highest BCUT2D eigenvalue weighted by Crippen LogP contribution is 2.42. The molecule has 36 heavy (non-hydrogen) atoms. The molecule has 0 fully saturated rings. The summed E-state index contributed by atoms with van der Waals surface area (Å²) in [5, 5.41) is 12.1. The van der Waals surface area contributed by atoms with Crippen molar-refractivity contribution < 1.29 is 27.9 Å². The van der Waals surface area contributed by atoms with E-state index in [0.29, 0.717) is 5.56 Å². The fourth-order valence-electron chi connectivity index (χ4n) is 4.21. The third kappa shape index (κ3) is 7.48. The molecular weight excluding hydrogens is 491 g/mol. The van der Waals surface area contributed by atoms with Crippen LogP contribution in [0.5, 0.6) is 0 Å². The van der Waals surface area contributed by atoms with Crippen molar-refractivity contribution in [1.82, 2.24) is 0 Å². The average Bonchev–Trinajstić information content (AvgIpc) is 2.72. The van der Waals surface area contributed by atoms with Gasteiger partial charge in [-0.15, -0.1) is 0 Å². The smallest absolute Gasteiger partial charge is 0.392 e. The predicted molar refractivity (Wildman–Crippen MR) is 138 cm³/mol. The van der Waals surface area contributed by atoms with Crippen LogP contribution in [0.4, 0.5) is 18.9 Å². The lowest BCUT2D eigenvalue weighted by Crippen LogP contribution is -2.34. The maximum absolute atomic E-state index is 13.8. The SMILES string of the molecule is C[C@H]([C@H](C(=O)Nc1cc(C(CC(=O)O)C(C)(C)C)ccc1Cl)c1ccc(C(C)(C)C)cc1)C(F)(F)F. The van der Waals surface area contributed by atoms with E-state index in [1.54, 1.807) is 36.4 Å². The molecule has 0 bridgehead atoms. The van der Waals surface area contributed by atoms with Crippen LogP contribution in [0.2, 0.25) is 5.02 Å². The monoisotopic (exact) mass is 525 g/mol. The zero-order valence-corrected chi connectivity index (χ0v) is 22.5. The van der Waals surface area contributed by atoms with Crippen molar-refractivity contribution in [1.29, 1.82) is 0 Å².